The van der Waals surface area contributed by atoms with E-state index in [-0.39, 0.29) is 11.1 Å². The summed E-state index contributed by atoms with van der Waals surface area (Å²) in [5.41, 5.74) is -1.88. The van der Waals surface area contributed by atoms with E-state index < -0.39 is 17.7 Å². The van der Waals surface area contributed by atoms with Crippen molar-refractivity contribution in [3.8, 4) is 0 Å². The van der Waals surface area contributed by atoms with Gasteiger partial charge in [-0.2, -0.15) is 0 Å². The van der Waals surface area contributed by atoms with Gasteiger partial charge in [-0.3, -0.25) is 0 Å². The highest BCUT2D eigenvalue weighted by Crippen LogP contribution is 2.41. The van der Waals surface area contributed by atoms with Crippen molar-refractivity contribution in [2.75, 3.05) is 0 Å². The highest BCUT2D eigenvalue weighted by Gasteiger charge is 2.56. The lowest BCUT2D eigenvalue weighted by Crippen LogP contribution is -2.59. The van der Waals surface area contributed by atoms with Gasteiger partial charge in [0.15, 0.2) is 11.7 Å². The Kier molecular flexibility index (Phi) is 3.89. The Bertz CT molecular complexity index is 506. The van der Waals surface area contributed by atoms with Crippen molar-refractivity contribution < 1.29 is 25.5 Å². The van der Waals surface area contributed by atoms with E-state index in [1.54, 1.807) is 36.4 Å². The Hall–Kier alpha value is -1.76. The van der Waals surface area contributed by atoms with Crippen LogP contribution in [0.4, 0.5) is 0 Å². The summed E-state index contributed by atoms with van der Waals surface area (Å²) in [4.78, 5) is 0. The van der Waals surface area contributed by atoms with Crippen LogP contribution in [0.5, 0.6) is 0 Å². The lowest BCUT2D eigenvalue weighted by molar-refractivity contribution is -0.370. The van der Waals surface area contributed by atoms with Crippen molar-refractivity contribution in [2.24, 2.45) is 0 Å². The van der Waals surface area contributed by atoms with E-state index in [1.807, 2.05) is 0 Å². The maximum Gasteiger partial charge on any atom is 0.295 e. The van der Waals surface area contributed by atoms with Gasteiger partial charge in [-0.15, -0.1) is 0 Å². The highest BCUT2D eigenvalue weighted by molar-refractivity contribution is 5.42. The molecule has 5 N–H and O–H groups in total. The fraction of sp³-hybridized carbons (Fsp3) is 0.200. The van der Waals surface area contributed by atoms with Crippen molar-refractivity contribution in [1.82, 2.24) is 0 Å². The number of aliphatic hydroxyl groups is 5. The lowest BCUT2D eigenvalue weighted by atomic mass is 9.71. The molecule has 20 heavy (non-hydrogen) atoms. The topological polar surface area (TPSA) is 101 Å². The molecule has 0 amide bonds. The third-order valence-electron chi connectivity index (χ3n) is 3.37. The highest BCUT2D eigenvalue weighted by atomic mass is 16.7. The molecule has 5 heteroatoms. The smallest absolute Gasteiger partial charge is 0.295 e. The lowest BCUT2D eigenvalue weighted by Gasteiger charge is -2.42. The predicted molar refractivity (Wildman–Crippen MR) is 71.3 cm³/mol. The molecule has 0 fully saturated rings. The van der Waals surface area contributed by atoms with Crippen LogP contribution >= 0.6 is 0 Å². The molecule has 2 rings (SSSR count). The minimum absolute atomic E-state index is 0.161. The van der Waals surface area contributed by atoms with Crippen molar-refractivity contribution in [3.05, 3.63) is 71.8 Å². The zero-order chi connectivity index (χ0) is 14.8. The molecular weight excluding hydrogens is 260 g/mol. The third-order valence-corrected chi connectivity index (χ3v) is 3.37. The first-order valence-corrected chi connectivity index (χ1v) is 6.05. The van der Waals surface area contributed by atoms with Crippen LogP contribution < -0.4 is 0 Å². The zero-order valence-electron chi connectivity index (χ0n) is 10.6. The maximum atomic E-state index is 9.80. The SMILES string of the molecule is OC(O)C(c1ccccc1)(c1ccccc1)C(O)(O)O. The summed E-state index contributed by atoms with van der Waals surface area (Å²) in [7, 11) is 0. The molecule has 0 bridgehead atoms. The monoisotopic (exact) mass is 276 g/mol. The predicted octanol–water partition coefficient (Wildman–Crippen LogP) is -0.0859. The summed E-state index contributed by atoms with van der Waals surface area (Å²) in [6, 6.07) is 15.7. The molecule has 0 aliphatic heterocycles. The molecule has 0 heterocycles. The van der Waals surface area contributed by atoms with E-state index >= 15 is 0 Å². The Morgan fingerprint density at radius 3 is 1.25 bits per heavy atom. The number of hydrogen-bond acceptors (Lipinski definition) is 5. The number of rotatable bonds is 4. The second-order valence-electron chi connectivity index (χ2n) is 4.55. The van der Waals surface area contributed by atoms with Gasteiger partial charge in [0.2, 0.25) is 0 Å². The van der Waals surface area contributed by atoms with Gasteiger partial charge in [0.25, 0.3) is 5.97 Å². The molecule has 0 aliphatic carbocycles. The second-order valence-corrected chi connectivity index (χ2v) is 4.55. The molecule has 5 nitrogen and oxygen atoms in total. The minimum Gasteiger partial charge on any atom is -0.367 e. The van der Waals surface area contributed by atoms with Crippen LogP contribution in [-0.2, 0) is 5.41 Å². The summed E-state index contributed by atoms with van der Waals surface area (Å²) < 4.78 is 0. The minimum atomic E-state index is -3.36. The number of aliphatic hydroxyl groups excluding tert-OH is 1. The Morgan fingerprint density at radius 2 is 1.00 bits per heavy atom. The maximum absolute atomic E-state index is 9.80. The average Bonchev–Trinajstić information content (AvgIpc) is 2.40. The molecular formula is C15H16O5. The first-order chi connectivity index (χ1) is 9.40. The molecule has 106 valence electrons. The molecule has 0 saturated heterocycles. The van der Waals surface area contributed by atoms with Gasteiger partial charge in [-0.25, -0.2) is 0 Å². The molecule has 0 aliphatic rings. The van der Waals surface area contributed by atoms with E-state index in [2.05, 4.69) is 0 Å². The largest absolute Gasteiger partial charge is 0.367 e. The van der Waals surface area contributed by atoms with E-state index in [4.69, 9.17) is 0 Å². The molecule has 2 aromatic carbocycles. The van der Waals surface area contributed by atoms with Crippen LogP contribution in [0.15, 0.2) is 60.7 Å². The van der Waals surface area contributed by atoms with E-state index in [1.165, 1.54) is 24.3 Å². The van der Waals surface area contributed by atoms with Crippen molar-refractivity contribution in [3.63, 3.8) is 0 Å². The van der Waals surface area contributed by atoms with E-state index in [9.17, 15) is 25.5 Å². The van der Waals surface area contributed by atoms with Crippen LogP contribution in [0.3, 0.4) is 0 Å². The summed E-state index contributed by atoms with van der Waals surface area (Å²) in [6.07, 6.45) is -2.23. The third kappa shape index (κ3) is 2.22. The fourth-order valence-corrected chi connectivity index (χ4v) is 2.43. The molecule has 0 spiro atoms. The number of hydrogen-bond donors (Lipinski definition) is 5. The molecule has 2 aromatic rings. The van der Waals surface area contributed by atoms with Crippen LogP contribution in [0.1, 0.15) is 11.1 Å². The van der Waals surface area contributed by atoms with Crippen molar-refractivity contribution >= 4 is 0 Å². The molecule has 0 unspecified atom stereocenters. The van der Waals surface area contributed by atoms with Gasteiger partial charge in [-0.05, 0) is 11.1 Å². The van der Waals surface area contributed by atoms with E-state index in [0.717, 1.165) is 0 Å². The summed E-state index contributed by atoms with van der Waals surface area (Å²) in [5, 5.41) is 49.0. The van der Waals surface area contributed by atoms with E-state index in [0.29, 0.717) is 0 Å². The normalized spacial score (nSPS) is 12.7. The van der Waals surface area contributed by atoms with Crippen LogP contribution in [0, 0.1) is 0 Å². The van der Waals surface area contributed by atoms with Gasteiger partial charge in [-0.1, -0.05) is 60.7 Å². The molecule has 0 saturated carbocycles. The second kappa shape index (κ2) is 5.32. The molecule has 0 aromatic heterocycles. The van der Waals surface area contributed by atoms with Crippen molar-refractivity contribution in [1.29, 1.82) is 0 Å². The molecule has 0 atom stereocenters. The quantitative estimate of drug-likeness (QED) is 0.503. The van der Waals surface area contributed by atoms with Crippen LogP contribution in [-0.4, -0.2) is 37.8 Å². The van der Waals surface area contributed by atoms with Crippen LogP contribution in [0.2, 0.25) is 0 Å². The summed E-state index contributed by atoms with van der Waals surface area (Å²) in [5.74, 6) is -3.36. The first-order valence-electron chi connectivity index (χ1n) is 6.05. The zero-order valence-corrected chi connectivity index (χ0v) is 10.6. The fourth-order valence-electron chi connectivity index (χ4n) is 2.43. The molecule has 0 radical (unpaired) electrons. The van der Waals surface area contributed by atoms with Gasteiger partial charge in [0.05, 0.1) is 0 Å². The first kappa shape index (κ1) is 14.6. The summed E-state index contributed by atoms with van der Waals surface area (Å²) >= 11 is 0. The summed E-state index contributed by atoms with van der Waals surface area (Å²) in [6.45, 7) is 0. The van der Waals surface area contributed by atoms with Gasteiger partial charge < -0.3 is 25.5 Å². The number of benzene rings is 2. The van der Waals surface area contributed by atoms with Crippen molar-refractivity contribution in [2.45, 2.75) is 17.7 Å². The Labute approximate surface area is 116 Å². The Balaban J connectivity index is 2.78. The van der Waals surface area contributed by atoms with Gasteiger partial charge in [0.1, 0.15) is 0 Å². The average molecular weight is 276 g/mol. The Morgan fingerprint density at radius 1 is 0.650 bits per heavy atom. The van der Waals surface area contributed by atoms with Gasteiger partial charge in [0, 0.05) is 0 Å². The van der Waals surface area contributed by atoms with Gasteiger partial charge >= 0.3 is 0 Å². The standard InChI is InChI=1S/C15H16O5/c16-13(17)14(15(18,19)20,11-7-3-1-4-8-11)12-9-5-2-6-10-12/h1-10,13,16-20H. The van der Waals surface area contributed by atoms with Crippen LogP contribution in [0.25, 0.3) is 0 Å².